The number of hydrogen-bond acceptors (Lipinski definition) is 2. The molecule has 0 N–H and O–H groups in total. The second-order valence-corrected chi connectivity index (χ2v) is 5.10. The number of aryl methyl sites for hydroxylation is 1. The molecular weight excluding hydrogens is 216 g/mol. The largest absolute Gasteiger partial charge is 0.294 e. The van der Waals surface area contributed by atoms with Crippen molar-refractivity contribution in [3.05, 3.63) is 46.9 Å². The van der Waals surface area contributed by atoms with Crippen LogP contribution in [0.25, 0.3) is 0 Å². The highest BCUT2D eigenvalue weighted by atomic mass is 32.2. The van der Waals surface area contributed by atoms with Crippen molar-refractivity contribution < 1.29 is 4.79 Å². The molecule has 0 radical (unpaired) electrons. The third-order valence-corrected chi connectivity index (χ3v) is 3.88. The lowest BCUT2D eigenvalue weighted by atomic mass is 10.1. The van der Waals surface area contributed by atoms with Crippen LogP contribution < -0.4 is 0 Å². The van der Waals surface area contributed by atoms with Gasteiger partial charge in [-0.1, -0.05) is 36.4 Å². The van der Waals surface area contributed by atoms with E-state index in [1.54, 1.807) is 11.8 Å². The van der Waals surface area contributed by atoms with Crippen LogP contribution in [0.3, 0.4) is 0 Å². The molecule has 2 rings (SSSR count). The third kappa shape index (κ3) is 3.24. The van der Waals surface area contributed by atoms with E-state index in [1.165, 1.54) is 5.56 Å². The van der Waals surface area contributed by atoms with Gasteiger partial charge >= 0.3 is 0 Å². The van der Waals surface area contributed by atoms with Crippen molar-refractivity contribution in [1.82, 2.24) is 0 Å². The number of rotatable bonds is 5. The Kier molecular flexibility index (Phi) is 4.23. The lowest BCUT2D eigenvalue weighted by molar-refractivity contribution is -0.114. The van der Waals surface area contributed by atoms with Crippen LogP contribution in [0.5, 0.6) is 0 Å². The molecule has 84 valence electrons. The van der Waals surface area contributed by atoms with E-state index < -0.39 is 0 Å². The molecule has 1 aliphatic rings. The summed E-state index contributed by atoms with van der Waals surface area (Å²) in [6, 6.07) is 10.5. The molecule has 16 heavy (non-hydrogen) atoms. The van der Waals surface area contributed by atoms with Gasteiger partial charge in [0.2, 0.25) is 0 Å². The topological polar surface area (TPSA) is 17.1 Å². The van der Waals surface area contributed by atoms with Crippen LogP contribution in [0.2, 0.25) is 0 Å². The number of allylic oxidation sites excluding steroid dienone is 2. The van der Waals surface area contributed by atoms with Gasteiger partial charge in [0.15, 0.2) is 5.78 Å². The fourth-order valence-electron chi connectivity index (χ4n) is 1.81. The van der Waals surface area contributed by atoms with Gasteiger partial charge in [-0.2, -0.15) is 0 Å². The van der Waals surface area contributed by atoms with Crippen molar-refractivity contribution in [2.24, 2.45) is 0 Å². The van der Waals surface area contributed by atoms with Gasteiger partial charge in [-0.15, -0.1) is 11.8 Å². The van der Waals surface area contributed by atoms with E-state index in [0.29, 0.717) is 5.78 Å². The molecule has 0 saturated heterocycles. The van der Waals surface area contributed by atoms with Gasteiger partial charge in [-0.3, -0.25) is 4.79 Å². The van der Waals surface area contributed by atoms with Gasteiger partial charge in [0.25, 0.3) is 0 Å². The van der Waals surface area contributed by atoms with Gasteiger partial charge in [0.1, 0.15) is 0 Å². The molecule has 0 saturated carbocycles. The van der Waals surface area contributed by atoms with Crippen LogP contribution in [0.1, 0.15) is 24.8 Å². The Labute approximate surface area is 101 Å². The zero-order chi connectivity index (χ0) is 11.2. The van der Waals surface area contributed by atoms with Crippen LogP contribution in [-0.2, 0) is 11.2 Å². The zero-order valence-electron chi connectivity index (χ0n) is 9.32. The Morgan fingerprint density at radius 2 is 2.00 bits per heavy atom. The number of thioether (sulfide) groups is 1. The van der Waals surface area contributed by atoms with E-state index in [4.69, 9.17) is 0 Å². The molecular formula is C14H16OS. The summed E-state index contributed by atoms with van der Waals surface area (Å²) in [7, 11) is 0. The molecule has 1 aromatic rings. The Morgan fingerprint density at radius 1 is 1.19 bits per heavy atom. The number of Topliss-reactive ketones (excluding diaryl/α,β-unsaturated/α-hetero) is 1. The number of carbonyl (C=O) groups is 1. The molecule has 1 nitrogen and oxygen atoms in total. The Balaban J connectivity index is 1.68. The van der Waals surface area contributed by atoms with Crippen molar-refractivity contribution in [1.29, 1.82) is 0 Å². The minimum absolute atomic E-state index is 0.338. The highest BCUT2D eigenvalue weighted by molar-refractivity contribution is 8.04. The molecule has 1 aromatic carbocycles. The summed E-state index contributed by atoms with van der Waals surface area (Å²) < 4.78 is 0. The minimum Gasteiger partial charge on any atom is -0.294 e. The monoisotopic (exact) mass is 232 g/mol. The average Bonchev–Trinajstić information content (AvgIpc) is 2.72. The van der Waals surface area contributed by atoms with Crippen molar-refractivity contribution in [2.45, 2.75) is 25.7 Å². The van der Waals surface area contributed by atoms with E-state index in [0.717, 1.165) is 36.3 Å². The molecule has 2 heteroatoms. The molecule has 1 aliphatic carbocycles. The normalized spacial score (nSPS) is 15.2. The van der Waals surface area contributed by atoms with Crippen LogP contribution in [-0.4, -0.2) is 11.5 Å². The Hall–Kier alpha value is -1.02. The smallest absolute Gasteiger partial charge is 0.169 e. The van der Waals surface area contributed by atoms with Crippen LogP contribution in [0.4, 0.5) is 0 Å². The lowest BCUT2D eigenvalue weighted by Crippen LogP contribution is -1.94. The van der Waals surface area contributed by atoms with Gasteiger partial charge in [-0.25, -0.2) is 0 Å². The van der Waals surface area contributed by atoms with Gasteiger partial charge in [0.05, 0.1) is 0 Å². The molecule has 0 aliphatic heterocycles. The number of hydrogen-bond donors (Lipinski definition) is 0. The predicted octanol–water partition coefficient (Wildman–Crippen LogP) is 3.60. The molecule has 0 amide bonds. The van der Waals surface area contributed by atoms with Crippen molar-refractivity contribution in [3.63, 3.8) is 0 Å². The maximum Gasteiger partial charge on any atom is 0.169 e. The van der Waals surface area contributed by atoms with Crippen LogP contribution >= 0.6 is 11.8 Å². The summed E-state index contributed by atoms with van der Waals surface area (Å²) in [5.74, 6) is 1.39. The van der Waals surface area contributed by atoms with Gasteiger partial charge in [0, 0.05) is 11.3 Å². The standard InChI is InChI=1S/C14H16OS/c15-13-9-4-10-14(13)16-11-5-8-12-6-2-1-3-7-12/h1-3,6-7,10H,4-5,8-9,11H2. The van der Waals surface area contributed by atoms with E-state index >= 15 is 0 Å². The maximum absolute atomic E-state index is 11.3. The van der Waals surface area contributed by atoms with Crippen LogP contribution in [0.15, 0.2) is 41.3 Å². The van der Waals surface area contributed by atoms with E-state index in [1.807, 2.05) is 6.07 Å². The number of ketones is 1. The second-order valence-electron chi connectivity index (χ2n) is 3.97. The predicted molar refractivity (Wildman–Crippen MR) is 69.5 cm³/mol. The molecule has 0 unspecified atom stereocenters. The fraction of sp³-hybridized carbons (Fsp3) is 0.357. The van der Waals surface area contributed by atoms with Crippen molar-refractivity contribution in [3.8, 4) is 0 Å². The summed E-state index contributed by atoms with van der Waals surface area (Å²) in [5.41, 5.74) is 1.38. The molecule has 0 bridgehead atoms. The second kappa shape index (κ2) is 5.90. The SMILES string of the molecule is O=C1CCC=C1SCCCc1ccccc1. The fourth-order valence-corrected chi connectivity index (χ4v) is 2.82. The zero-order valence-corrected chi connectivity index (χ0v) is 10.1. The van der Waals surface area contributed by atoms with Crippen LogP contribution in [0, 0.1) is 0 Å². The first-order valence-corrected chi connectivity index (χ1v) is 6.75. The third-order valence-electron chi connectivity index (χ3n) is 2.69. The lowest BCUT2D eigenvalue weighted by Gasteiger charge is -2.02. The summed E-state index contributed by atoms with van der Waals surface area (Å²) in [5, 5.41) is 0. The highest BCUT2D eigenvalue weighted by Crippen LogP contribution is 2.26. The van der Waals surface area contributed by atoms with Gasteiger partial charge in [-0.05, 0) is 30.6 Å². The number of benzene rings is 1. The molecule has 0 spiro atoms. The highest BCUT2D eigenvalue weighted by Gasteiger charge is 2.14. The van der Waals surface area contributed by atoms with E-state index in [-0.39, 0.29) is 0 Å². The molecule has 0 heterocycles. The molecule has 0 fully saturated rings. The molecule has 0 aromatic heterocycles. The summed E-state index contributed by atoms with van der Waals surface area (Å²) >= 11 is 1.72. The first-order valence-electron chi connectivity index (χ1n) is 5.76. The Morgan fingerprint density at radius 3 is 2.69 bits per heavy atom. The average molecular weight is 232 g/mol. The maximum atomic E-state index is 11.3. The first-order chi connectivity index (χ1) is 7.86. The minimum atomic E-state index is 0.338. The number of carbonyl (C=O) groups excluding carboxylic acids is 1. The first kappa shape index (κ1) is 11.5. The molecule has 0 atom stereocenters. The van der Waals surface area contributed by atoms with Crippen molar-refractivity contribution >= 4 is 17.5 Å². The Bertz CT molecular complexity index is 381. The van der Waals surface area contributed by atoms with E-state index in [9.17, 15) is 4.79 Å². The summed E-state index contributed by atoms with van der Waals surface area (Å²) in [6.45, 7) is 0. The van der Waals surface area contributed by atoms with Gasteiger partial charge < -0.3 is 0 Å². The van der Waals surface area contributed by atoms with E-state index in [2.05, 4.69) is 30.3 Å². The van der Waals surface area contributed by atoms with Crippen molar-refractivity contribution in [2.75, 3.05) is 5.75 Å². The quantitative estimate of drug-likeness (QED) is 0.722. The summed E-state index contributed by atoms with van der Waals surface area (Å²) in [4.78, 5) is 12.3. The summed E-state index contributed by atoms with van der Waals surface area (Å²) in [6.07, 6.45) is 5.99.